The summed E-state index contributed by atoms with van der Waals surface area (Å²) in [4.78, 5) is 30.7. The minimum atomic E-state index is -0.987. The van der Waals surface area contributed by atoms with Crippen LogP contribution in [0.3, 0.4) is 0 Å². The van der Waals surface area contributed by atoms with Gasteiger partial charge in [0.15, 0.2) is 16.7 Å². The lowest BCUT2D eigenvalue weighted by atomic mass is 10.1. The molecular formula is C24H25BrN2O5S. The number of ether oxygens (including phenoxy) is 2. The molecule has 1 aliphatic rings. The summed E-state index contributed by atoms with van der Waals surface area (Å²) in [5, 5.41) is 9.90. The molecule has 0 aliphatic carbocycles. The van der Waals surface area contributed by atoms with E-state index in [4.69, 9.17) is 9.47 Å². The highest BCUT2D eigenvalue weighted by atomic mass is 79.9. The van der Waals surface area contributed by atoms with Gasteiger partial charge < -0.3 is 14.6 Å². The van der Waals surface area contributed by atoms with Gasteiger partial charge in [-0.1, -0.05) is 12.1 Å². The summed E-state index contributed by atoms with van der Waals surface area (Å²) in [5.74, 6) is -0.0205. The number of carbonyl (C=O) groups excluding carboxylic acids is 1. The number of carboxylic acids is 1. The third-order valence-corrected chi connectivity index (χ3v) is 6.32. The quantitative estimate of drug-likeness (QED) is 0.432. The zero-order valence-corrected chi connectivity index (χ0v) is 21.0. The third-order valence-electron chi connectivity index (χ3n) is 4.68. The molecule has 0 aromatic heterocycles. The summed E-state index contributed by atoms with van der Waals surface area (Å²) >= 11 is 4.92. The molecule has 1 saturated heterocycles. The van der Waals surface area contributed by atoms with Crippen LogP contribution in [0.4, 0.5) is 0 Å². The van der Waals surface area contributed by atoms with Gasteiger partial charge in [-0.05, 0) is 89.9 Å². The number of aromatic carboxylic acids is 1. The maximum atomic E-state index is 12.8. The minimum Gasteiger partial charge on any atom is -0.490 e. The SMILES string of the molecule is CCN=C1SC(=Cc2cc(Br)c(OCc3cccc(C(=O)O)c3)c(OCC)c2)C(=O)N1CC. The Morgan fingerprint density at radius 1 is 1.21 bits per heavy atom. The highest BCUT2D eigenvalue weighted by Crippen LogP contribution is 2.39. The summed E-state index contributed by atoms with van der Waals surface area (Å²) in [6.07, 6.45) is 1.82. The Kier molecular flexibility index (Phi) is 8.57. The van der Waals surface area contributed by atoms with E-state index < -0.39 is 5.97 Å². The summed E-state index contributed by atoms with van der Waals surface area (Å²) in [6.45, 7) is 7.53. The molecule has 0 spiro atoms. The van der Waals surface area contributed by atoms with Crippen LogP contribution in [0.1, 0.15) is 42.3 Å². The molecule has 0 saturated carbocycles. The van der Waals surface area contributed by atoms with Crippen LogP contribution in [0.25, 0.3) is 6.08 Å². The van der Waals surface area contributed by atoms with E-state index in [0.717, 1.165) is 11.1 Å². The standard InChI is InChI=1S/C24H25BrN2O5S/c1-4-26-24-27(5-2)22(28)20(33-24)13-16-11-18(25)21(19(12-16)31-6-3)32-14-15-8-7-9-17(10-15)23(29)30/h7-13H,4-6,14H2,1-3H3,(H,29,30). The second kappa shape index (κ2) is 11.4. The number of benzene rings is 2. The fourth-order valence-electron chi connectivity index (χ4n) is 3.22. The molecule has 7 nitrogen and oxygen atoms in total. The molecule has 3 rings (SSSR count). The molecule has 1 N–H and O–H groups in total. The maximum Gasteiger partial charge on any atom is 0.335 e. The van der Waals surface area contributed by atoms with Crippen molar-refractivity contribution in [2.24, 2.45) is 4.99 Å². The van der Waals surface area contributed by atoms with E-state index in [1.54, 1.807) is 23.1 Å². The van der Waals surface area contributed by atoms with Crippen LogP contribution >= 0.6 is 27.7 Å². The van der Waals surface area contributed by atoms with Crippen molar-refractivity contribution >= 4 is 50.8 Å². The first-order chi connectivity index (χ1) is 15.9. The molecule has 1 fully saturated rings. The van der Waals surface area contributed by atoms with Gasteiger partial charge in [-0.25, -0.2) is 4.79 Å². The van der Waals surface area contributed by atoms with Gasteiger partial charge in [0.1, 0.15) is 6.61 Å². The molecular weight excluding hydrogens is 508 g/mol. The molecule has 9 heteroatoms. The van der Waals surface area contributed by atoms with Crippen LogP contribution in [0, 0.1) is 0 Å². The van der Waals surface area contributed by atoms with Gasteiger partial charge in [0.2, 0.25) is 0 Å². The zero-order chi connectivity index (χ0) is 24.0. The van der Waals surface area contributed by atoms with E-state index in [2.05, 4.69) is 20.9 Å². The Hall–Kier alpha value is -2.78. The Morgan fingerprint density at radius 2 is 2.00 bits per heavy atom. The van der Waals surface area contributed by atoms with Gasteiger partial charge in [0.05, 0.1) is 21.5 Å². The zero-order valence-electron chi connectivity index (χ0n) is 18.6. The van der Waals surface area contributed by atoms with Gasteiger partial charge in [-0.2, -0.15) is 0 Å². The molecule has 0 unspecified atom stereocenters. The molecule has 1 heterocycles. The van der Waals surface area contributed by atoms with Gasteiger partial charge in [0, 0.05) is 13.1 Å². The van der Waals surface area contributed by atoms with Crippen molar-refractivity contribution in [3.05, 3.63) is 62.5 Å². The number of aliphatic imine (C=N–C) groups is 1. The molecule has 1 amide bonds. The van der Waals surface area contributed by atoms with Gasteiger partial charge in [-0.15, -0.1) is 0 Å². The van der Waals surface area contributed by atoms with E-state index in [-0.39, 0.29) is 18.1 Å². The number of hydrogen-bond donors (Lipinski definition) is 1. The fraction of sp³-hybridized carbons (Fsp3) is 0.292. The van der Waals surface area contributed by atoms with Crippen molar-refractivity contribution in [2.75, 3.05) is 19.7 Å². The number of nitrogens with zero attached hydrogens (tertiary/aromatic N) is 2. The number of amidine groups is 1. The first-order valence-electron chi connectivity index (χ1n) is 10.5. The van der Waals surface area contributed by atoms with Crippen LogP contribution in [0.5, 0.6) is 11.5 Å². The Morgan fingerprint density at radius 3 is 2.67 bits per heavy atom. The van der Waals surface area contributed by atoms with Crippen molar-refractivity contribution in [1.29, 1.82) is 0 Å². The van der Waals surface area contributed by atoms with Crippen molar-refractivity contribution in [3.63, 3.8) is 0 Å². The summed E-state index contributed by atoms with van der Waals surface area (Å²) in [6, 6.07) is 10.3. The maximum absolute atomic E-state index is 12.8. The Labute approximate surface area is 205 Å². The van der Waals surface area contributed by atoms with E-state index in [9.17, 15) is 14.7 Å². The van der Waals surface area contributed by atoms with Crippen molar-refractivity contribution < 1.29 is 24.2 Å². The summed E-state index contributed by atoms with van der Waals surface area (Å²) in [5.41, 5.74) is 1.72. The molecule has 1 aliphatic heterocycles. The highest BCUT2D eigenvalue weighted by Gasteiger charge is 2.32. The predicted molar refractivity (Wildman–Crippen MR) is 134 cm³/mol. The molecule has 0 atom stereocenters. The van der Waals surface area contributed by atoms with Crippen molar-refractivity contribution in [1.82, 2.24) is 4.90 Å². The number of thioether (sulfide) groups is 1. The molecule has 0 bridgehead atoms. The topological polar surface area (TPSA) is 88.4 Å². The number of amides is 1. The summed E-state index contributed by atoms with van der Waals surface area (Å²) < 4.78 is 12.5. The van der Waals surface area contributed by atoms with Crippen LogP contribution in [-0.4, -0.2) is 46.7 Å². The average molecular weight is 533 g/mol. The number of halogens is 1. The van der Waals surface area contributed by atoms with E-state index in [0.29, 0.717) is 45.7 Å². The lowest BCUT2D eigenvalue weighted by Gasteiger charge is -2.15. The Balaban J connectivity index is 1.88. The average Bonchev–Trinajstić information content (AvgIpc) is 3.07. The van der Waals surface area contributed by atoms with Gasteiger partial charge in [0.25, 0.3) is 5.91 Å². The monoisotopic (exact) mass is 532 g/mol. The first-order valence-corrected chi connectivity index (χ1v) is 12.2. The van der Waals surface area contributed by atoms with Crippen molar-refractivity contribution in [3.8, 4) is 11.5 Å². The molecule has 0 radical (unpaired) electrons. The van der Waals surface area contributed by atoms with E-state index in [1.807, 2.05) is 39.0 Å². The second-order valence-electron chi connectivity index (χ2n) is 6.97. The van der Waals surface area contributed by atoms with E-state index >= 15 is 0 Å². The Bertz CT molecular complexity index is 1120. The van der Waals surface area contributed by atoms with Crippen molar-refractivity contribution in [2.45, 2.75) is 27.4 Å². The molecule has 2 aromatic rings. The second-order valence-corrected chi connectivity index (χ2v) is 8.84. The number of carbonyl (C=O) groups is 2. The number of likely N-dealkylation sites (N-methyl/N-ethyl adjacent to an activating group) is 1. The van der Waals surface area contributed by atoms with Crippen LogP contribution in [-0.2, 0) is 11.4 Å². The first kappa shape index (κ1) is 24.9. The number of rotatable bonds is 9. The van der Waals surface area contributed by atoms with Crippen LogP contribution in [0.15, 0.2) is 50.8 Å². The minimum absolute atomic E-state index is 0.0672. The lowest BCUT2D eigenvalue weighted by Crippen LogP contribution is -2.28. The third kappa shape index (κ3) is 5.97. The normalized spacial score (nSPS) is 16.0. The molecule has 174 valence electrons. The smallest absolute Gasteiger partial charge is 0.335 e. The molecule has 33 heavy (non-hydrogen) atoms. The van der Waals surface area contributed by atoms with Gasteiger partial charge >= 0.3 is 5.97 Å². The van der Waals surface area contributed by atoms with Crippen LogP contribution in [0.2, 0.25) is 0 Å². The number of hydrogen-bond acceptors (Lipinski definition) is 6. The fourth-order valence-corrected chi connectivity index (χ4v) is 4.89. The number of carboxylic acid groups (broad SMARTS) is 1. The van der Waals surface area contributed by atoms with Gasteiger partial charge in [-0.3, -0.25) is 14.7 Å². The predicted octanol–water partition coefficient (Wildman–Crippen LogP) is 5.44. The highest BCUT2D eigenvalue weighted by molar-refractivity contribution is 9.10. The summed E-state index contributed by atoms with van der Waals surface area (Å²) in [7, 11) is 0. The van der Waals surface area contributed by atoms with E-state index in [1.165, 1.54) is 17.8 Å². The molecule has 2 aromatic carbocycles. The lowest BCUT2D eigenvalue weighted by molar-refractivity contribution is -0.122. The largest absolute Gasteiger partial charge is 0.490 e. The van der Waals surface area contributed by atoms with Crippen LogP contribution < -0.4 is 9.47 Å².